The average molecular weight is 245 g/mol. The van der Waals surface area contributed by atoms with Gasteiger partial charge in [-0.15, -0.1) is 0 Å². The van der Waals surface area contributed by atoms with Gasteiger partial charge in [-0.3, -0.25) is 9.59 Å². The smallest absolute Gasteiger partial charge is 0.248 e. The molecule has 2 rings (SSSR count). The molecule has 18 heavy (non-hydrogen) atoms. The molecular weight excluding hydrogens is 225 g/mol. The zero-order chi connectivity index (χ0) is 13.7. The topological polar surface area (TPSA) is 37.4 Å². The van der Waals surface area contributed by atoms with Crippen molar-refractivity contribution >= 4 is 19.8 Å². The van der Waals surface area contributed by atoms with E-state index in [0.717, 1.165) is 6.42 Å². The van der Waals surface area contributed by atoms with Gasteiger partial charge < -0.3 is 4.81 Å². The molecule has 0 aromatic heterocycles. The van der Waals surface area contributed by atoms with Gasteiger partial charge in [0.25, 0.3) is 0 Å². The fraction of sp³-hybridized carbons (Fsp3) is 0.571. The Morgan fingerprint density at radius 2 is 1.94 bits per heavy atom. The molecule has 2 aliphatic rings. The molecule has 0 saturated carbocycles. The van der Waals surface area contributed by atoms with Crippen LogP contribution in [-0.2, 0) is 9.59 Å². The van der Waals surface area contributed by atoms with Gasteiger partial charge in [0, 0.05) is 11.1 Å². The molecule has 0 fully saturated rings. The van der Waals surface area contributed by atoms with Crippen molar-refractivity contribution in [2.45, 2.75) is 40.5 Å². The summed E-state index contributed by atoms with van der Waals surface area (Å²) in [6, 6.07) is 0. The lowest BCUT2D eigenvalue weighted by Gasteiger charge is -2.27. The van der Waals surface area contributed by atoms with Crippen molar-refractivity contribution in [3.8, 4) is 0 Å². The van der Waals surface area contributed by atoms with Crippen LogP contribution in [0.5, 0.6) is 0 Å². The molecule has 0 aromatic carbocycles. The number of rotatable bonds is 1. The zero-order valence-electron chi connectivity index (χ0n) is 11.8. The third kappa shape index (κ3) is 2.16. The summed E-state index contributed by atoms with van der Waals surface area (Å²) >= 11 is 0. The highest BCUT2D eigenvalue weighted by molar-refractivity contribution is 6.36. The van der Waals surface area contributed by atoms with Crippen molar-refractivity contribution in [2.24, 2.45) is 11.3 Å². The first kappa shape index (κ1) is 13.1. The number of allylic oxidation sites excluding steroid dienone is 1. The van der Waals surface area contributed by atoms with Crippen LogP contribution in [0.1, 0.15) is 40.5 Å². The minimum atomic E-state index is -0.145. The second-order valence-corrected chi connectivity index (χ2v) is 6.62. The second kappa shape index (κ2) is 4.11. The second-order valence-electron chi connectivity index (χ2n) is 6.62. The first-order valence-corrected chi connectivity index (χ1v) is 6.46. The lowest BCUT2D eigenvalue weighted by Crippen LogP contribution is -2.28. The van der Waals surface area contributed by atoms with Gasteiger partial charge in [0.1, 0.15) is 0 Å². The highest BCUT2D eigenvalue weighted by Crippen LogP contribution is 2.39. The molecule has 4 heteroatoms. The van der Waals surface area contributed by atoms with E-state index in [1.165, 1.54) is 10.4 Å². The maximum atomic E-state index is 12.0. The lowest BCUT2D eigenvalue weighted by atomic mass is 9.77. The third-order valence-corrected chi connectivity index (χ3v) is 3.63. The molecule has 0 bridgehead atoms. The summed E-state index contributed by atoms with van der Waals surface area (Å²) in [6.07, 6.45) is 3.63. The van der Waals surface area contributed by atoms with Crippen LogP contribution in [0, 0.1) is 11.3 Å². The summed E-state index contributed by atoms with van der Waals surface area (Å²) in [5.41, 5.74) is 2.82. The Hall–Kier alpha value is -1.32. The largest absolute Gasteiger partial charge is 0.329 e. The summed E-state index contributed by atoms with van der Waals surface area (Å²) in [6.45, 7) is 8.71. The molecule has 0 N–H and O–H groups in total. The standard InChI is InChI=1S/C14H20BNO2/c1-8-5-10-11(13(18)16(15)12(10)17)6-9(8)7-14(2,3)4/h6,8H,5,7,15H2,1-4H3. The van der Waals surface area contributed by atoms with Gasteiger partial charge in [0.05, 0.1) is 0 Å². The zero-order valence-corrected chi connectivity index (χ0v) is 11.8. The number of carbonyl (C=O) groups is 2. The summed E-state index contributed by atoms with van der Waals surface area (Å²) < 4.78 is 0. The van der Waals surface area contributed by atoms with E-state index in [1.807, 2.05) is 6.08 Å². The molecular formula is C14H20BNO2. The molecule has 2 amide bonds. The molecule has 1 heterocycles. The van der Waals surface area contributed by atoms with E-state index in [9.17, 15) is 9.59 Å². The van der Waals surface area contributed by atoms with Crippen LogP contribution in [0.2, 0.25) is 0 Å². The Morgan fingerprint density at radius 1 is 1.33 bits per heavy atom. The monoisotopic (exact) mass is 245 g/mol. The third-order valence-electron chi connectivity index (χ3n) is 3.63. The molecule has 0 radical (unpaired) electrons. The van der Waals surface area contributed by atoms with Gasteiger partial charge in [-0.1, -0.05) is 33.3 Å². The molecule has 96 valence electrons. The molecule has 1 aliphatic heterocycles. The van der Waals surface area contributed by atoms with E-state index >= 15 is 0 Å². The molecule has 0 spiro atoms. The van der Waals surface area contributed by atoms with Crippen molar-refractivity contribution in [2.75, 3.05) is 0 Å². The van der Waals surface area contributed by atoms with Crippen LogP contribution in [0.4, 0.5) is 0 Å². The van der Waals surface area contributed by atoms with Crippen molar-refractivity contribution in [3.05, 3.63) is 22.8 Å². The molecule has 0 aromatic rings. The van der Waals surface area contributed by atoms with E-state index in [0.29, 0.717) is 23.5 Å². The van der Waals surface area contributed by atoms with E-state index in [1.54, 1.807) is 7.98 Å². The highest BCUT2D eigenvalue weighted by atomic mass is 16.2. The van der Waals surface area contributed by atoms with Crippen LogP contribution in [0.15, 0.2) is 22.8 Å². The van der Waals surface area contributed by atoms with Crippen LogP contribution in [0.25, 0.3) is 0 Å². The van der Waals surface area contributed by atoms with Crippen molar-refractivity contribution in [1.82, 2.24) is 4.81 Å². The first-order valence-electron chi connectivity index (χ1n) is 6.46. The van der Waals surface area contributed by atoms with Crippen LogP contribution in [-0.4, -0.2) is 24.6 Å². The minimum absolute atomic E-state index is 0.118. The van der Waals surface area contributed by atoms with Gasteiger partial charge in [-0.2, -0.15) is 0 Å². The number of nitrogens with zero attached hydrogens (tertiary/aromatic N) is 1. The molecule has 3 nitrogen and oxygen atoms in total. The van der Waals surface area contributed by atoms with Crippen LogP contribution < -0.4 is 0 Å². The fourth-order valence-corrected chi connectivity index (χ4v) is 2.67. The van der Waals surface area contributed by atoms with Crippen LogP contribution >= 0.6 is 0 Å². The maximum absolute atomic E-state index is 12.0. The van der Waals surface area contributed by atoms with E-state index in [4.69, 9.17) is 0 Å². The Labute approximate surface area is 109 Å². The number of imide groups is 1. The van der Waals surface area contributed by atoms with Crippen LogP contribution in [0.3, 0.4) is 0 Å². The number of carbonyl (C=O) groups excluding carboxylic acids is 2. The average Bonchev–Trinajstić information content (AvgIpc) is 2.44. The van der Waals surface area contributed by atoms with Crippen molar-refractivity contribution in [1.29, 1.82) is 0 Å². The minimum Gasteiger partial charge on any atom is -0.329 e. The Kier molecular flexibility index (Phi) is 3.00. The van der Waals surface area contributed by atoms with E-state index in [-0.39, 0.29) is 17.2 Å². The molecule has 1 aliphatic carbocycles. The Bertz CT molecular complexity index is 483. The quantitative estimate of drug-likeness (QED) is 0.519. The number of amides is 2. The van der Waals surface area contributed by atoms with Gasteiger partial charge in [-0.25, -0.2) is 0 Å². The van der Waals surface area contributed by atoms with Gasteiger partial charge in [0.15, 0.2) is 0 Å². The normalized spacial score (nSPS) is 24.6. The predicted molar refractivity (Wildman–Crippen MR) is 73.4 cm³/mol. The fourth-order valence-electron chi connectivity index (χ4n) is 2.67. The molecule has 1 atom stereocenters. The number of hydrogen-bond donors (Lipinski definition) is 0. The van der Waals surface area contributed by atoms with Gasteiger partial charge in [0.2, 0.25) is 19.8 Å². The Morgan fingerprint density at radius 3 is 2.50 bits per heavy atom. The SMILES string of the molecule is BN1C(=O)C2=C(CC(C)C(CC(C)(C)C)=C2)C1=O. The first-order chi connectivity index (χ1) is 8.20. The lowest BCUT2D eigenvalue weighted by molar-refractivity contribution is -0.131. The number of hydrogen-bond acceptors (Lipinski definition) is 2. The van der Waals surface area contributed by atoms with E-state index in [2.05, 4.69) is 27.7 Å². The van der Waals surface area contributed by atoms with Gasteiger partial charge >= 0.3 is 0 Å². The summed E-state index contributed by atoms with van der Waals surface area (Å²) in [7, 11) is 1.56. The molecule has 1 unspecified atom stereocenters. The summed E-state index contributed by atoms with van der Waals surface area (Å²) in [5.74, 6) is 0.0902. The Balaban J connectivity index is 2.36. The summed E-state index contributed by atoms with van der Waals surface area (Å²) in [5, 5.41) is 0. The van der Waals surface area contributed by atoms with Crippen molar-refractivity contribution < 1.29 is 9.59 Å². The van der Waals surface area contributed by atoms with Gasteiger partial charge in [-0.05, 0) is 30.3 Å². The molecule has 0 saturated heterocycles. The maximum Gasteiger partial charge on any atom is 0.248 e. The predicted octanol–water partition coefficient (Wildman–Crippen LogP) is 1.60. The summed E-state index contributed by atoms with van der Waals surface area (Å²) in [4.78, 5) is 25.1. The highest BCUT2D eigenvalue weighted by Gasteiger charge is 2.37. The van der Waals surface area contributed by atoms with Crippen molar-refractivity contribution in [3.63, 3.8) is 0 Å². The van der Waals surface area contributed by atoms with E-state index < -0.39 is 0 Å².